The third-order valence-electron chi connectivity index (χ3n) is 5.72. The molecule has 160 valence electrons. The number of aromatic nitrogens is 4. The number of fused-ring (bicyclic) bond motifs is 1. The molecule has 0 saturated carbocycles. The van der Waals surface area contributed by atoms with Crippen molar-refractivity contribution in [2.75, 3.05) is 20.1 Å². The first-order valence-electron chi connectivity index (χ1n) is 10.6. The summed E-state index contributed by atoms with van der Waals surface area (Å²) in [6.07, 6.45) is 6.95. The SMILES string of the molecule is Cc1nnc(-c2ccc3cnc(CC(=O)c4ccnc(C5=CCN(C)CC5)c4)cc3c2)s1. The molecule has 1 aliphatic heterocycles. The summed E-state index contributed by atoms with van der Waals surface area (Å²) in [6, 6.07) is 11.8. The first kappa shape index (κ1) is 20.6. The lowest BCUT2D eigenvalue weighted by molar-refractivity contribution is 0.0992. The fourth-order valence-electron chi connectivity index (χ4n) is 3.88. The van der Waals surface area contributed by atoms with E-state index in [1.807, 2.05) is 37.4 Å². The minimum absolute atomic E-state index is 0.0462. The highest BCUT2D eigenvalue weighted by Crippen LogP contribution is 2.27. The third kappa shape index (κ3) is 4.35. The van der Waals surface area contributed by atoms with Crippen LogP contribution in [0.4, 0.5) is 0 Å². The Morgan fingerprint density at radius 1 is 1.09 bits per heavy atom. The molecule has 3 aromatic heterocycles. The summed E-state index contributed by atoms with van der Waals surface area (Å²) in [5.41, 5.74) is 4.56. The van der Waals surface area contributed by atoms with E-state index in [4.69, 9.17) is 0 Å². The van der Waals surface area contributed by atoms with Crippen molar-refractivity contribution in [1.29, 1.82) is 0 Å². The van der Waals surface area contributed by atoms with Crippen LogP contribution in [0.2, 0.25) is 0 Å². The van der Waals surface area contributed by atoms with E-state index in [9.17, 15) is 4.79 Å². The van der Waals surface area contributed by atoms with Crippen molar-refractivity contribution >= 4 is 33.5 Å². The number of hydrogen-bond acceptors (Lipinski definition) is 7. The Balaban J connectivity index is 1.38. The highest BCUT2D eigenvalue weighted by molar-refractivity contribution is 7.14. The van der Waals surface area contributed by atoms with E-state index in [0.717, 1.165) is 57.2 Å². The van der Waals surface area contributed by atoms with Crippen molar-refractivity contribution in [1.82, 2.24) is 25.1 Å². The van der Waals surface area contributed by atoms with Crippen LogP contribution in [0.25, 0.3) is 26.9 Å². The standard InChI is InChI=1S/C25H23N5OS/c1-16-28-29-25(32-16)19-3-4-20-15-27-22(12-21(20)11-19)14-24(31)18-5-8-26-23(13-18)17-6-9-30(2)10-7-17/h3-6,8,11-13,15H,7,9-10,14H2,1-2H3. The van der Waals surface area contributed by atoms with E-state index in [2.05, 4.69) is 44.3 Å². The molecule has 4 heterocycles. The number of nitrogens with zero attached hydrogens (tertiary/aromatic N) is 5. The highest BCUT2D eigenvalue weighted by Gasteiger charge is 2.14. The summed E-state index contributed by atoms with van der Waals surface area (Å²) in [5.74, 6) is 0.0462. The van der Waals surface area contributed by atoms with Crippen molar-refractivity contribution in [2.45, 2.75) is 19.8 Å². The maximum atomic E-state index is 13.0. The second-order valence-electron chi connectivity index (χ2n) is 8.14. The number of ketones is 1. The molecular formula is C25H23N5OS. The van der Waals surface area contributed by atoms with Crippen LogP contribution in [0.15, 0.2) is 54.9 Å². The minimum atomic E-state index is 0.0462. The molecule has 32 heavy (non-hydrogen) atoms. The van der Waals surface area contributed by atoms with Crippen molar-refractivity contribution < 1.29 is 4.79 Å². The van der Waals surface area contributed by atoms with Crippen molar-refractivity contribution in [3.63, 3.8) is 0 Å². The first-order chi connectivity index (χ1) is 15.5. The Morgan fingerprint density at radius 3 is 2.78 bits per heavy atom. The lowest BCUT2D eigenvalue weighted by atomic mass is 10.00. The van der Waals surface area contributed by atoms with Gasteiger partial charge in [-0.05, 0) is 55.6 Å². The molecule has 0 unspecified atom stereocenters. The van der Waals surface area contributed by atoms with Crippen molar-refractivity contribution in [2.24, 2.45) is 0 Å². The van der Waals surface area contributed by atoms with Gasteiger partial charge in [0.1, 0.15) is 10.0 Å². The van der Waals surface area contributed by atoms with Gasteiger partial charge in [0.05, 0.1) is 12.1 Å². The zero-order chi connectivity index (χ0) is 22.1. The van der Waals surface area contributed by atoms with Gasteiger partial charge in [0.2, 0.25) is 0 Å². The first-order valence-corrected chi connectivity index (χ1v) is 11.4. The van der Waals surface area contributed by atoms with Crippen LogP contribution in [-0.4, -0.2) is 51.0 Å². The Kier molecular flexibility index (Phi) is 5.59. The molecule has 0 saturated heterocycles. The number of benzene rings is 1. The molecule has 0 N–H and O–H groups in total. The predicted molar refractivity (Wildman–Crippen MR) is 128 cm³/mol. The van der Waals surface area contributed by atoms with Crippen LogP contribution in [0, 0.1) is 6.92 Å². The molecule has 0 aliphatic carbocycles. The van der Waals surface area contributed by atoms with Crippen LogP contribution < -0.4 is 0 Å². The number of hydrogen-bond donors (Lipinski definition) is 0. The summed E-state index contributed by atoms with van der Waals surface area (Å²) >= 11 is 1.57. The summed E-state index contributed by atoms with van der Waals surface area (Å²) in [5, 5.41) is 12.3. The monoisotopic (exact) mass is 441 g/mol. The summed E-state index contributed by atoms with van der Waals surface area (Å²) in [6.45, 7) is 3.86. The Hall–Kier alpha value is -3.29. The molecular weight excluding hydrogens is 418 g/mol. The number of rotatable bonds is 5. The number of likely N-dealkylation sites (N-methyl/N-ethyl adjacent to an activating group) is 1. The summed E-state index contributed by atoms with van der Waals surface area (Å²) in [7, 11) is 2.11. The second-order valence-corrected chi connectivity index (χ2v) is 9.32. The Bertz CT molecular complexity index is 1340. The topological polar surface area (TPSA) is 71.9 Å². The Labute approximate surface area is 190 Å². The lowest BCUT2D eigenvalue weighted by Gasteiger charge is -2.21. The van der Waals surface area contributed by atoms with Gasteiger partial charge in [0, 0.05) is 47.7 Å². The van der Waals surface area contributed by atoms with Crippen LogP contribution in [0.5, 0.6) is 0 Å². The molecule has 6 nitrogen and oxygen atoms in total. The molecule has 0 fully saturated rings. The Morgan fingerprint density at radius 2 is 2.00 bits per heavy atom. The molecule has 0 amide bonds. The second kappa shape index (κ2) is 8.68. The summed E-state index contributed by atoms with van der Waals surface area (Å²) < 4.78 is 0. The average molecular weight is 442 g/mol. The fraction of sp³-hybridized carbons (Fsp3) is 0.240. The van der Waals surface area contributed by atoms with E-state index in [1.54, 1.807) is 23.6 Å². The number of aryl methyl sites for hydroxylation is 1. The maximum absolute atomic E-state index is 13.0. The highest BCUT2D eigenvalue weighted by atomic mass is 32.1. The largest absolute Gasteiger partial charge is 0.302 e. The fourth-order valence-corrected chi connectivity index (χ4v) is 4.57. The van der Waals surface area contributed by atoms with E-state index in [-0.39, 0.29) is 12.2 Å². The molecule has 1 aromatic carbocycles. The molecule has 1 aliphatic rings. The van der Waals surface area contributed by atoms with Crippen LogP contribution in [0.1, 0.15) is 33.2 Å². The zero-order valence-corrected chi connectivity index (χ0v) is 18.9. The van der Waals surface area contributed by atoms with Gasteiger partial charge in [-0.1, -0.05) is 29.5 Å². The molecule has 0 radical (unpaired) electrons. The average Bonchev–Trinajstić information content (AvgIpc) is 3.25. The van der Waals surface area contributed by atoms with Gasteiger partial charge in [-0.3, -0.25) is 14.8 Å². The third-order valence-corrected chi connectivity index (χ3v) is 6.60. The number of pyridine rings is 2. The van der Waals surface area contributed by atoms with Gasteiger partial charge < -0.3 is 4.90 Å². The number of carbonyl (C=O) groups is 1. The van der Waals surface area contributed by atoms with Crippen LogP contribution >= 0.6 is 11.3 Å². The van der Waals surface area contributed by atoms with Crippen LogP contribution in [-0.2, 0) is 6.42 Å². The van der Waals surface area contributed by atoms with Gasteiger partial charge in [0.25, 0.3) is 0 Å². The lowest BCUT2D eigenvalue weighted by Crippen LogP contribution is -2.23. The maximum Gasteiger partial charge on any atom is 0.168 e. The summed E-state index contributed by atoms with van der Waals surface area (Å²) in [4.78, 5) is 24.3. The molecule has 0 spiro atoms. The zero-order valence-electron chi connectivity index (χ0n) is 18.1. The van der Waals surface area contributed by atoms with Gasteiger partial charge in [-0.25, -0.2) is 0 Å². The van der Waals surface area contributed by atoms with Crippen molar-refractivity contribution in [3.05, 3.63) is 76.8 Å². The molecule has 4 aromatic rings. The normalized spacial score (nSPS) is 14.5. The van der Waals surface area contributed by atoms with Crippen molar-refractivity contribution in [3.8, 4) is 10.6 Å². The molecule has 0 bridgehead atoms. The minimum Gasteiger partial charge on any atom is -0.302 e. The smallest absolute Gasteiger partial charge is 0.168 e. The molecule has 7 heteroatoms. The molecule has 0 atom stereocenters. The van der Waals surface area contributed by atoms with E-state index < -0.39 is 0 Å². The van der Waals surface area contributed by atoms with E-state index >= 15 is 0 Å². The predicted octanol–water partition coefficient (Wildman–Crippen LogP) is 4.60. The number of carbonyl (C=O) groups excluding carboxylic acids is 1. The number of Topliss-reactive ketones (excluding diaryl/α,β-unsaturated/α-hetero) is 1. The van der Waals surface area contributed by atoms with Gasteiger partial charge in [-0.2, -0.15) is 0 Å². The van der Waals surface area contributed by atoms with E-state index in [0.29, 0.717) is 5.56 Å². The quantitative estimate of drug-likeness (QED) is 0.422. The van der Waals surface area contributed by atoms with Gasteiger partial charge in [-0.15, -0.1) is 10.2 Å². The van der Waals surface area contributed by atoms with Gasteiger partial charge >= 0.3 is 0 Å². The van der Waals surface area contributed by atoms with E-state index in [1.165, 1.54) is 5.57 Å². The molecule has 5 rings (SSSR count). The van der Waals surface area contributed by atoms with Gasteiger partial charge in [0.15, 0.2) is 5.78 Å². The van der Waals surface area contributed by atoms with Crippen LogP contribution in [0.3, 0.4) is 0 Å².